The molecule has 4 rings (SSSR count). The van der Waals surface area contributed by atoms with Gasteiger partial charge in [0.1, 0.15) is 11.5 Å². The first kappa shape index (κ1) is 15.8. The van der Waals surface area contributed by atoms with Gasteiger partial charge in [0, 0.05) is 5.92 Å². The molecule has 2 N–H and O–H groups in total. The lowest BCUT2D eigenvalue weighted by Gasteiger charge is -2.33. The average Bonchev–Trinajstić information content (AvgIpc) is 2.65. The predicted molar refractivity (Wildman–Crippen MR) is 100 cm³/mol. The quantitative estimate of drug-likeness (QED) is 0.679. The number of phenolic OH excluding ortho intramolecular Hbond substituents is 2. The second kappa shape index (κ2) is 6.64. The number of aromatic hydroxyl groups is 2. The van der Waals surface area contributed by atoms with Crippen LogP contribution in [0.1, 0.15) is 46.9 Å². The van der Waals surface area contributed by atoms with Gasteiger partial charge in [-0.3, -0.25) is 0 Å². The summed E-state index contributed by atoms with van der Waals surface area (Å²) >= 11 is 0. The summed E-state index contributed by atoms with van der Waals surface area (Å²) in [5.74, 6) is 1.19. The molecule has 0 saturated carbocycles. The fourth-order valence-electron chi connectivity index (χ4n) is 4.16. The minimum atomic E-state index is 0.211. The van der Waals surface area contributed by atoms with Gasteiger partial charge < -0.3 is 10.2 Å². The summed E-state index contributed by atoms with van der Waals surface area (Å²) in [6, 6.07) is 23.9. The topological polar surface area (TPSA) is 40.5 Å². The molecular formula is C23H22O2. The molecule has 0 bridgehead atoms. The molecule has 0 saturated heterocycles. The Labute approximate surface area is 148 Å². The fraction of sp³-hybridized carbons (Fsp3) is 0.217. The largest absolute Gasteiger partial charge is 0.508 e. The van der Waals surface area contributed by atoms with Crippen molar-refractivity contribution < 1.29 is 10.2 Å². The van der Waals surface area contributed by atoms with Gasteiger partial charge in [0.2, 0.25) is 0 Å². The van der Waals surface area contributed by atoms with Gasteiger partial charge in [-0.25, -0.2) is 0 Å². The lowest BCUT2D eigenvalue weighted by molar-refractivity contribution is 0.472. The molecule has 25 heavy (non-hydrogen) atoms. The molecule has 0 amide bonds. The first-order valence-corrected chi connectivity index (χ1v) is 8.88. The van der Waals surface area contributed by atoms with Crippen LogP contribution >= 0.6 is 0 Å². The molecule has 0 aromatic heterocycles. The maximum Gasteiger partial charge on any atom is 0.115 e. The van der Waals surface area contributed by atoms with Crippen LogP contribution in [0.2, 0.25) is 0 Å². The van der Waals surface area contributed by atoms with E-state index in [-0.39, 0.29) is 17.4 Å². The molecule has 3 aromatic carbocycles. The van der Waals surface area contributed by atoms with Crippen molar-refractivity contribution in [1.82, 2.24) is 0 Å². The highest BCUT2D eigenvalue weighted by atomic mass is 16.3. The Morgan fingerprint density at radius 1 is 0.720 bits per heavy atom. The van der Waals surface area contributed by atoms with Gasteiger partial charge in [-0.15, -0.1) is 0 Å². The van der Waals surface area contributed by atoms with E-state index in [4.69, 9.17) is 0 Å². The monoisotopic (exact) mass is 330 g/mol. The summed E-state index contributed by atoms with van der Waals surface area (Å²) in [5, 5.41) is 19.4. The Morgan fingerprint density at radius 2 is 1.28 bits per heavy atom. The van der Waals surface area contributed by atoms with Crippen LogP contribution in [0.4, 0.5) is 0 Å². The molecule has 2 heteroatoms. The highest BCUT2D eigenvalue weighted by Crippen LogP contribution is 2.45. The Hall–Kier alpha value is -2.74. The first-order chi connectivity index (χ1) is 12.2. The van der Waals surface area contributed by atoms with Gasteiger partial charge in [0.15, 0.2) is 0 Å². The van der Waals surface area contributed by atoms with Gasteiger partial charge in [-0.05, 0) is 71.7 Å². The third-order valence-corrected chi connectivity index (χ3v) is 5.32. The third kappa shape index (κ3) is 3.12. The molecule has 126 valence electrons. The number of phenols is 2. The van der Waals surface area contributed by atoms with Gasteiger partial charge in [0.25, 0.3) is 0 Å². The van der Waals surface area contributed by atoms with Crippen LogP contribution in [0, 0.1) is 0 Å². The summed E-state index contributed by atoms with van der Waals surface area (Å²) in [4.78, 5) is 0. The van der Waals surface area contributed by atoms with Gasteiger partial charge in [-0.1, -0.05) is 48.5 Å². The zero-order valence-corrected chi connectivity index (χ0v) is 14.1. The summed E-state index contributed by atoms with van der Waals surface area (Å²) in [6.07, 6.45) is 3.47. The van der Waals surface area contributed by atoms with Crippen LogP contribution in [0.15, 0.2) is 72.8 Å². The number of hydrogen-bond donors (Lipinski definition) is 2. The molecule has 2 nitrogen and oxygen atoms in total. The highest BCUT2D eigenvalue weighted by molar-refractivity contribution is 5.44. The molecule has 0 radical (unpaired) electrons. The zero-order valence-electron chi connectivity index (χ0n) is 14.1. The minimum Gasteiger partial charge on any atom is -0.508 e. The molecule has 0 aliphatic heterocycles. The van der Waals surface area contributed by atoms with Gasteiger partial charge >= 0.3 is 0 Å². The molecule has 1 unspecified atom stereocenters. The Bertz CT molecular complexity index is 805. The smallest absolute Gasteiger partial charge is 0.115 e. The van der Waals surface area contributed by atoms with Crippen LogP contribution in [0.3, 0.4) is 0 Å². The summed E-state index contributed by atoms with van der Waals surface area (Å²) in [7, 11) is 0. The lowest BCUT2D eigenvalue weighted by atomic mass is 9.71. The van der Waals surface area contributed by atoms with Crippen LogP contribution in [0.5, 0.6) is 11.5 Å². The van der Waals surface area contributed by atoms with E-state index in [1.54, 1.807) is 24.3 Å². The van der Waals surface area contributed by atoms with Crippen molar-refractivity contribution in [2.45, 2.75) is 31.1 Å². The van der Waals surface area contributed by atoms with Crippen LogP contribution < -0.4 is 0 Å². The number of hydrogen-bond acceptors (Lipinski definition) is 2. The van der Waals surface area contributed by atoms with Gasteiger partial charge in [0.05, 0.1) is 0 Å². The Morgan fingerprint density at radius 3 is 1.88 bits per heavy atom. The standard InChI is InChI=1S/C23H22O2/c24-19-12-8-17(9-13-19)23(18-10-14-20(25)15-11-18)22-7-3-5-16-4-1-2-6-21(16)22/h1-2,4,6,8-15,22-25H,3,5,7H2. The van der Waals surface area contributed by atoms with E-state index in [0.29, 0.717) is 5.92 Å². The maximum absolute atomic E-state index is 9.68. The number of rotatable bonds is 3. The minimum absolute atomic E-state index is 0.211. The molecular weight excluding hydrogens is 308 g/mol. The number of benzene rings is 3. The molecule has 3 aromatic rings. The third-order valence-electron chi connectivity index (χ3n) is 5.32. The molecule has 1 aliphatic carbocycles. The van der Waals surface area contributed by atoms with E-state index in [0.717, 1.165) is 12.8 Å². The number of fused-ring (bicyclic) bond motifs is 1. The Kier molecular flexibility index (Phi) is 4.19. The maximum atomic E-state index is 9.68. The van der Waals surface area contributed by atoms with E-state index in [1.165, 1.54) is 28.7 Å². The second-order valence-corrected chi connectivity index (χ2v) is 6.86. The van der Waals surface area contributed by atoms with E-state index in [2.05, 4.69) is 24.3 Å². The van der Waals surface area contributed by atoms with E-state index in [1.807, 2.05) is 24.3 Å². The fourth-order valence-corrected chi connectivity index (χ4v) is 4.16. The second-order valence-electron chi connectivity index (χ2n) is 6.86. The molecule has 1 aliphatic rings. The molecule has 0 heterocycles. The Balaban J connectivity index is 1.83. The first-order valence-electron chi connectivity index (χ1n) is 8.88. The van der Waals surface area contributed by atoms with Crippen molar-refractivity contribution in [3.63, 3.8) is 0 Å². The van der Waals surface area contributed by atoms with E-state index < -0.39 is 0 Å². The molecule has 0 spiro atoms. The summed E-state index contributed by atoms with van der Waals surface area (Å²) < 4.78 is 0. The molecule has 0 fully saturated rings. The summed E-state index contributed by atoms with van der Waals surface area (Å²) in [5.41, 5.74) is 5.27. The average molecular weight is 330 g/mol. The molecule has 1 atom stereocenters. The van der Waals surface area contributed by atoms with Crippen molar-refractivity contribution in [2.75, 3.05) is 0 Å². The van der Waals surface area contributed by atoms with Crippen molar-refractivity contribution >= 4 is 0 Å². The number of aryl methyl sites for hydroxylation is 1. The predicted octanol–water partition coefficient (Wildman–Crippen LogP) is 5.35. The lowest BCUT2D eigenvalue weighted by Crippen LogP contribution is -2.18. The zero-order chi connectivity index (χ0) is 17.2. The van der Waals surface area contributed by atoms with Gasteiger partial charge in [-0.2, -0.15) is 0 Å². The van der Waals surface area contributed by atoms with Crippen LogP contribution in [-0.4, -0.2) is 10.2 Å². The van der Waals surface area contributed by atoms with Crippen LogP contribution in [-0.2, 0) is 6.42 Å². The van der Waals surface area contributed by atoms with Crippen molar-refractivity contribution in [2.24, 2.45) is 0 Å². The normalized spacial score (nSPS) is 16.6. The van der Waals surface area contributed by atoms with Crippen molar-refractivity contribution in [3.8, 4) is 11.5 Å². The summed E-state index contributed by atoms with van der Waals surface area (Å²) in [6.45, 7) is 0. The highest BCUT2D eigenvalue weighted by Gasteiger charge is 2.30. The van der Waals surface area contributed by atoms with E-state index in [9.17, 15) is 10.2 Å². The van der Waals surface area contributed by atoms with Crippen LogP contribution in [0.25, 0.3) is 0 Å². The van der Waals surface area contributed by atoms with E-state index >= 15 is 0 Å². The van der Waals surface area contributed by atoms with Crippen molar-refractivity contribution in [3.05, 3.63) is 95.1 Å². The SMILES string of the molecule is Oc1ccc(C(c2ccc(O)cc2)C2CCCc3ccccc32)cc1. The van der Waals surface area contributed by atoms with Crippen molar-refractivity contribution in [1.29, 1.82) is 0 Å².